The van der Waals surface area contributed by atoms with E-state index in [9.17, 15) is 0 Å². The smallest absolute Gasteiger partial charge is 0.209 e. The zero-order valence-corrected chi connectivity index (χ0v) is 13.0. The van der Waals surface area contributed by atoms with Crippen molar-refractivity contribution in [2.45, 2.75) is 0 Å². The number of rotatable bonds is 2. The van der Waals surface area contributed by atoms with Crippen molar-refractivity contribution in [3.63, 3.8) is 0 Å². The molecule has 3 rings (SSSR count). The number of halogens is 2. The van der Waals surface area contributed by atoms with Crippen LogP contribution >= 0.6 is 31.9 Å². The van der Waals surface area contributed by atoms with Gasteiger partial charge < -0.3 is 0 Å². The van der Waals surface area contributed by atoms with Gasteiger partial charge in [-0.2, -0.15) is 9.90 Å². The van der Waals surface area contributed by atoms with Gasteiger partial charge >= 0.3 is 0 Å². The molecule has 0 fully saturated rings. The standard InChI is InChI=1S/C11H8Br2N6/c1-18-16-11(15-17-18)9-6-14-19(10(9)13)8-4-2-7(12)3-5-8/h2-6H,1H3. The molecular formula is C11H8Br2N6. The molecule has 0 atom stereocenters. The van der Waals surface area contributed by atoms with Crippen LogP contribution in [0.3, 0.4) is 0 Å². The Balaban J connectivity index is 2.06. The van der Waals surface area contributed by atoms with Crippen LogP contribution in [0.2, 0.25) is 0 Å². The summed E-state index contributed by atoms with van der Waals surface area (Å²) >= 11 is 6.93. The van der Waals surface area contributed by atoms with Crippen LogP contribution in [0.4, 0.5) is 0 Å². The van der Waals surface area contributed by atoms with E-state index in [0.717, 1.165) is 20.3 Å². The predicted molar refractivity (Wildman–Crippen MR) is 76.8 cm³/mol. The Hall–Kier alpha value is -1.54. The summed E-state index contributed by atoms with van der Waals surface area (Å²) in [6.07, 6.45) is 1.71. The van der Waals surface area contributed by atoms with Crippen LogP contribution in [0.1, 0.15) is 0 Å². The minimum Gasteiger partial charge on any atom is -0.226 e. The minimum absolute atomic E-state index is 0.540. The molecule has 2 aromatic heterocycles. The third kappa shape index (κ3) is 2.33. The van der Waals surface area contributed by atoms with E-state index >= 15 is 0 Å². The molecule has 6 nitrogen and oxygen atoms in total. The summed E-state index contributed by atoms with van der Waals surface area (Å²) in [5.41, 5.74) is 1.75. The fraction of sp³-hybridized carbons (Fsp3) is 0.0909. The molecule has 0 saturated carbocycles. The maximum absolute atomic E-state index is 4.34. The molecule has 0 aliphatic heterocycles. The first-order chi connectivity index (χ1) is 9.15. The van der Waals surface area contributed by atoms with Crippen molar-refractivity contribution in [2.24, 2.45) is 7.05 Å². The highest BCUT2D eigenvalue weighted by atomic mass is 79.9. The quantitative estimate of drug-likeness (QED) is 0.682. The van der Waals surface area contributed by atoms with Gasteiger partial charge in [0, 0.05) is 4.47 Å². The molecule has 1 aromatic carbocycles. The SMILES string of the molecule is Cn1nnc(-c2cnn(-c3ccc(Br)cc3)c2Br)n1. The molecule has 96 valence electrons. The van der Waals surface area contributed by atoms with Gasteiger partial charge in [-0.15, -0.1) is 10.2 Å². The molecule has 8 heteroatoms. The van der Waals surface area contributed by atoms with Gasteiger partial charge in [-0.3, -0.25) is 0 Å². The fourth-order valence-electron chi connectivity index (χ4n) is 1.64. The number of tetrazole rings is 1. The van der Waals surface area contributed by atoms with E-state index in [1.807, 2.05) is 24.3 Å². The van der Waals surface area contributed by atoms with E-state index in [0.29, 0.717) is 5.82 Å². The largest absolute Gasteiger partial charge is 0.226 e. The van der Waals surface area contributed by atoms with Crippen molar-refractivity contribution in [2.75, 3.05) is 0 Å². The zero-order chi connectivity index (χ0) is 13.4. The monoisotopic (exact) mass is 382 g/mol. The summed E-state index contributed by atoms with van der Waals surface area (Å²) in [5, 5.41) is 16.3. The molecule has 0 radical (unpaired) electrons. The maximum Gasteiger partial charge on any atom is 0.209 e. The fourth-order valence-corrected chi connectivity index (χ4v) is 2.48. The van der Waals surface area contributed by atoms with Crippen molar-refractivity contribution >= 4 is 31.9 Å². The molecule has 3 aromatic rings. The van der Waals surface area contributed by atoms with Crippen molar-refractivity contribution in [3.8, 4) is 17.1 Å². The Morgan fingerprint density at radius 1 is 1.11 bits per heavy atom. The molecule has 0 unspecified atom stereocenters. The summed E-state index contributed by atoms with van der Waals surface area (Å²) in [5.74, 6) is 0.540. The van der Waals surface area contributed by atoms with E-state index in [2.05, 4.69) is 52.4 Å². The molecule has 2 heterocycles. The summed E-state index contributed by atoms with van der Waals surface area (Å²) in [7, 11) is 1.73. The van der Waals surface area contributed by atoms with Gasteiger partial charge in [0.2, 0.25) is 5.82 Å². The van der Waals surface area contributed by atoms with Crippen molar-refractivity contribution in [1.82, 2.24) is 30.0 Å². The first kappa shape index (κ1) is 12.5. The Morgan fingerprint density at radius 2 is 1.84 bits per heavy atom. The summed E-state index contributed by atoms with van der Waals surface area (Å²) in [4.78, 5) is 1.42. The van der Waals surface area contributed by atoms with Gasteiger partial charge in [0.05, 0.1) is 24.5 Å². The van der Waals surface area contributed by atoms with Gasteiger partial charge in [0.25, 0.3) is 0 Å². The molecule has 0 aliphatic rings. The third-order valence-electron chi connectivity index (χ3n) is 2.53. The number of aromatic nitrogens is 6. The molecule has 0 aliphatic carbocycles. The number of nitrogens with zero attached hydrogens (tertiary/aromatic N) is 6. The van der Waals surface area contributed by atoms with E-state index < -0.39 is 0 Å². The second-order valence-electron chi connectivity index (χ2n) is 3.84. The topological polar surface area (TPSA) is 61.4 Å². The Labute approximate surface area is 125 Å². The normalized spacial score (nSPS) is 10.9. The zero-order valence-electron chi connectivity index (χ0n) is 9.83. The lowest BCUT2D eigenvalue weighted by molar-refractivity contribution is 0.630. The Morgan fingerprint density at radius 3 is 2.47 bits per heavy atom. The highest BCUT2D eigenvalue weighted by molar-refractivity contribution is 9.10. The van der Waals surface area contributed by atoms with E-state index in [1.165, 1.54) is 4.80 Å². The van der Waals surface area contributed by atoms with Gasteiger partial charge in [-0.1, -0.05) is 15.9 Å². The molecule has 19 heavy (non-hydrogen) atoms. The van der Waals surface area contributed by atoms with Crippen LogP contribution < -0.4 is 0 Å². The van der Waals surface area contributed by atoms with E-state index in [1.54, 1.807) is 17.9 Å². The second kappa shape index (κ2) is 4.86. The average Bonchev–Trinajstić information content (AvgIpc) is 2.97. The van der Waals surface area contributed by atoms with Crippen LogP contribution in [0.25, 0.3) is 17.1 Å². The molecule has 0 bridgehead atoms. The van der Waals surface area contributed by atoms with Crippen molar-refractivity contribution in [1.29, 1.82) is 0 Å². The van der Waals surface area contributed by atoms with Gasteiger partial charge in [0.1, 0.15) is 4.60 Å². The molecule has 0 saturated heterocycles. The van der Waals surface area contributed by atoms with Crippen LogP contribution in [0.5, 0.6) is 0 Å². The third-order valence-corrected chi connectivity index (χ3v) is 3.82. The van der Waals surface area contributed by atoms with Gasteiger partial charge in [-0.05, 0) is 45.4 Å². The first-order valence-electron chi connectivity index (χ1n) is 5.39. The minimum atomic E-state index is 0.540. The first-order valence-corrected chi connectivity index (χ1v) is 6.97. The van der Waals surface area contributed by atoms with Crippen molar-refractivity contribution in [3.05, 3.63) is 39.5 Å². The highest BCUT2D eigenvalue weighted by Gasteiger charge is 2.15. The van der Waals surface area contributed by atoms with Gasteiger partial charge in [-0.25, -0.2) is 4.68 Å². The Kier molecular flexibility index (Phi) is 3.19. The lowest BCUT2D eigenvalue weighted by Crippen LogP contribution is -1.96. The van der Waals surface area contributed by atoms with Crippen LogP contribution in [0, 0.1) is 0 Å². The number of benzene rings is 1. The summed E-state index contributed by atoms with van der Waals surface area (Å²) in [6, 6.07) is 7.86. The molecular weight excluding hydrogens is 376 g/mol. The van der Waals surface area contributed by atoms with Gasteiger partial charge in [0.15, 0.2) is 0 Å². The van der Waals surface area contributed by atoms with Crippen LogP contribution in [-0.4, -0.2) is 30.0 Å². The summed E-state index contributed by atoms with van der Waals surface area (Å²) in [6.45, 7) is 0. The molecule has 0 N–H and O–H groups in total. The highest BCUT2D eigenvalue weighted by Crippen LogP contribution is 2.27. The van der Waals surface area contributed by atoms with E-state index in [-0.39, 0.29) is 0 Å². The summed E-state index contributed by atoms with van der Waals surface area (Å²) < 4.78 is 3.59. The second-order valence-corrected chi connectivity index (χ2v) is 5.51. The number of hydrogen-bond acceptors (Lipinski definition) is 4. The Bertz CT molecular complexity index is 715. The predicted octanol–water partition coefficient (Wildman–Crippen LogP) is 2.59. The van der Waals surface area contributed by atoms with Crippen molar-refractivity contribution < 1.29 is 0 Å². The molecule has 0 amide bonds. The lowest BCUT2D eigenvalue weighted by atomic mass is 10.3. The molecule has 0 spiro atoms. The van der Waals surface area contributed by atoms with Crippen LogP contribution in [-0.2, 0) is 7.05 Å². The maximum atomic E-state index is 4.34. The lowest BCUT2D eigenvalue weighted by Gasteiger charge is -2.03. The number of aryl methyl sites for hydroxylation is 1. The average molecular weight is 384 g/mol. The van der Waals surface area contributed by atoms with Crippen LogP contribution in [0.15, 0.2) is 39.5 Å². The number of hydrogen-bond donors (Lipinski definition) is 0. The van der Waals surface area contributed by atoms with E-state index in [4.69, 9.17) is 0 Å².